The second-order valence-corrected chi connectivity index (χ2v) is 7.04. The molecule has 0 saturated heterocycles. The number of hydrogen-bond acceptors (Lipinski definition) is 4. The standard InChI is InChI=1S/C20H15FO3S/c1-12-11-18(13(2)25-12)20(23)24-17-9-5-15(6-10-17)19(22)14-3-7-16(21)8-4-14/h3-11H,1-2H3. The molecule has 1 heterocycles. The van der Waals surface area contributed by atoms with Crippen LogP contribution in [0.15, 0.2) is 54.6 Å². The summed E-state index contributed by atoms with van der Waals surface area (Å²) < 4.78 is 18.3. The Kier molecular flexibility index (Phi) is 4.76. The maximum atomic E-state index is 12.9. The molecule has 0 amide bonds. The summed E-state index contributed by atoms with van der Waals surface area (Å²) in [6.45, 7) is 3.81. The van der Waals surface area contributed by atoms with E-state index in [2.05, 4.69) is 0 Å². The van der Waals surface area contributed by atoms with Crippen LogP contribution in [-0.4, -0.2) is 11.8 Å². The Labute approximate surface area is 148 Å². The molecule has 3 aromatic rings. The minimum atomic E-state index is -0.417. The molecule has 0 bridgehead atoms. The first kappa shape index (κ1) is 17.0. The quantitative estimate of drug-likeness (QED) is 0.378. The maximum absolute atomic E-state index is 12.9. The van der Waals surface area contributed by atoms with Gasteiger partial charge in [-0.25, -0.2) is 9.18 Å². The molecule has 0 N–H and O–H groups in total. The summed E-state index contributed by atoms with van der Waals surface area (Å²) in [5, 5.41) is 0. The van der Waals surface area contributed by atoms with Crippen molar-refractivity contribution in [2.45, 2.75) is 13.8 Å². The van der Waals surface area contributed by atoms with Gasteiger partial charge in [0.2, 0.25) is 0 Å². The maximum Gasteiger partial charge on any atom is 0.344 e. The van der Waals surface area contributed by atoms with Crippen LogP contribution in [0, 0.1) is 19.7 Å². The fourth-order valence-electron chi connectivity index (χ4n) is 2.44. The Morgan fingerprint density at radius 1 is 0.920 bits per heavy atom. The van der Waals surface area contributed by atoms with E-state index in [-0.39, 0.29) is 5.78 Å². The summed E-state index contributed by atoms with van der Waals surface area (Å²) in [6, 6.07) is 13.5. The predicted molar refractivity (Wildman–Crippen MR) is 95.0 cm³/mol. The topological polar surface area (TPSA) is 43.4 Å². The number of carbonyl (C=O) groups excluding carboxylic acids is 2. The third kappa shape index (κ3) is 3.83. The van der Waals surface area contributed by atoms with E-state index in [0.29, 0.717) is 22.4 Å². The Balaban J connectivity index is 1.74. The summed E-state index contributed by atoms with van der Waals surface area (Å²) >= 11 is 1.54. The van der Waals surface area contributed by atoms with E-state index >= 15 is 0 Å². The zero-order valence-electron chi connectivity index (χ0n) is 13.7. The molecule has 3 nitrogen and oxygen atoms in total. The number of ketones is 1. The van der Waals surface area contributed by atoms with Crippen molar-refractivity contribution in [3.63, 3.8) is 0 Å². The first-order valence-electron chi connectivity index (χ1n) is 7.63. The Bertz CT molecular complexity index is 925. The lowest BCUT2D eigenvalue weighted by Crippen LogP contribution is -2.09. The van der Waals surface area contributed by atoms with Crippen molar-refractivity contribution in [1.82, 2.24) is 0 Å². The van der Waals surface area contributed by atoms with Gasteiger partial charge >= 0.3 is 5.97 Å². The van der Waals surface area contributed by atoms with Crippen molar-refractivity contribution in [2.75, 3.05) is 0 Å². The van der Waals surface area contributed by atoms with E-state index < -0.39 is 11.8 Å². The van der Waals surface area contributed by atoms with Gasteiger partial charge in [-0.3, -0.25) is 4.79 Å². The first-order chi connectivity index (χ1) is 11.9. The number of ether oxygens (including phenoxy) is 1. The Morgan fingerprint density at radius 3 is 2.00 bits per heavy atom. The summed E-state index contributed by atoms with van der Waals surface area (Å²) in [5.74, 6) is -0.664. The van der Waals surface area contributed by atoms with Gasteiger partial charge in [-0.1, -0.05) is 0 Å². The number of thiophene rings is 1. The summed E-state index contributed by atoms with van der Waals surface area (Å²) in [7, 11) is 0. The van der Waals surface area contributed by atoms with E-state index in [0.717, 1.165) is 9.75 Å². The normalized spacial score (nSPS) is 10.5. The SMILES string of the molecule is Cc1cc(C(=O)Oc2ccc(C(=O)c3ccc(F)cc3)cc2)c(C)s1. The molecule has 0 atom stereocenters. The average Bonchev–Trinajstić information content (AvgIpc) is 2.94. The Morgan fingerprint density at radius 2 is 1.48 bits per heavy atom. The third-order valence-corrected chi connectivity index (χ3v) is 4.66. The van der Waals surface area contributed by atoms with E-state index in [1.165, 1.54) is 24.3 Å². The molecule has 5 heteroatoms. The zero-order chi connectivity index (χ0) is 18.0. The molecule has 0 saturated carbocycles. The molecule has 2 aromatic carbocycles. The summed E-state index contributed by atoms with van der Waals surface area (Å²) in [5.41, 5.74) is 1.39. The lowest BCUT2D eigenvalue weighted by molar-refractivity contribution is 0.0734. The smallest absolute Gasteiger partial charge is 0.344 e. The highest BCUT2D eigenvalue weighted by atomic mass is 32.1. The molecule has 126 valence electrons. The number of benzene rings is 2. The molecule has 0 aliphatic rings. The molecule has 1 aromatic heterocycles. The van der Waals surface area contributed by atoms with E-state index in [1.807, 2.05) is 13.8 Å². The van der Waals surface area contributed by atoms with Crippen molar-refractivity contribution in [1.29, 1.82) is 0 Å². The fraction of sp³-hybridized carbons (Fsp3) is 0.100. The molecule has 0 fully saturated rings. The van der Waals surface area contributed by atoms with Gasteiger partial charge < -0.3 is 4.74 Å². The second kappa shape index (κ2) is 6.99. The highest BCUT2D eigenvalue weighted by molar-refractivity contribution is 7.12. The van der Waals surface area contributed by atoms with Crippen LogP contribution >= 0.6 is 11.3 Å². The van der Waals surface area contributed by atoms with Crippen LogP contribution in [0.5, 0.6) is 5.75 Å². The molecule has 0 aliphatic carbocycles. The van der Waals surface area contributed by atoms with Crippen molar-refractivity contribution >= 4 is 23.1 Å². The molecular weight excluding hydrogens is 339 g/mol. The van der Waals surface area contributed by atoms with E-state index in [1.54, 1.807) is 41.7 Å². The van der Waals surface area contributed by atoms with Crippen LogP contribution < -0.4 is 4.74 Å². The fourth-order valence-corrected chi connectivity index (χ4v) is 3.35. The molecule has 0 radical (unpaired) electrons. The van der Waals surface area contributed by atoms with Gasteiger partial charge in [0.25, 0.3) is 0 Å². The van der Waals surface area contributed by atoms with E-state index in [4.69, 9.17) is 4.74 Å². The summed E-state index contributed by atoms with van der Waals surface area (Å²) in [4.78, 5) is 26.5. The van der Waals surface area contributed by atoms with Crippen molar-refractivity contribution in [3.05, 3.63) is 86.9 Å². The van der Waals surface area contributed by atoms with Gasteiger partial charge in [-0.05, 0) is 68.4 Å². The largest absolute Gasteiger partial charge is 0.423 e. The number of halogens is 1. The van der Waals surface area contributed by atoms with Crippen LogP contribution in [0.4, 0.5) is 4.39 Å². The van der Waals surface area contributed by atoms with Crippen molar-refractivity contribution < 1.29 is 18.7 Å². The lowest BCUT2D eigenvalue weighted by Gasteiger charge is -2.05. The number of rotatable bonds is 4. The zero-order valence-corrected chi connectivity index (χ0v) is 14.5. The van der Waals surface area contributed by atoms with Gasteiger partial charge in [0.15, 0.2) is 5.78 Å². The summed E-state index contributed by atoms with van der Waals surface area (Å²) in [6.07, 6.45) is 0. The molecule has 0 aliphatic heterocycles. The van der Waals surface area contributed by atoms with Gasteiger partial charge in [-0.2, -0.15) is 0 Å². The second-order valence-electron chi connectivity index (χ2n) is 5.58. The molecule has 0 spiro atoms. The van der Waals surface area contributed by atoms with E-state index in [9.17, 15) is 14.0 Å². The van der Waals surface area contributed by atoms with Crippen LogP contribution in [0.2, 0.25) is 0 Å². The van der Waals surface area contributed by atoms with Crippen LogP contribution in [0.3, 0.4) is 0 Å². The molecule has 0 unspecified atom stereocenters. The molecule has 25 heavy (non-hydrogen) atoms. The molecule has 3 rings (SSSR count). The number of carbonyl (C=O) groups is 2. The lowest BCUT2D eigenvalue weighted by atomic mass is 10.0. The van der Waals surface area contributed by atoms with Gasteiger partial charge in [0, 0.05) is 20.9 Å². The first-order valence-corrected chi connectivity index (χ1v) is 8.45. The average molecular weight is 354 g/mol. The number of aryl methyl sites for hydroxylation is 2. The van der Waals surface area contributed by atoms with Crippen molar-refractivity contribution in [3.8, 4) is 5.75 Å². The van der Waals surface area contributed by atoms with Gasteiger partial charge in [0.05, 0.1) is 5.56 Å². The highest BCUT2D eigenvalue weighted by Crippen LogP contribution is 2.23. The highest BCUT2D eigenvalue weighted by Gasteiger charge is 2.15. The predicted octanol–water partition coefficient (Wildman–Crippen LogP) is 4.95. The molecular formula is C20H15FO3S. The van der Waals surface area contributed by atoms with Crippen LogP contribution in [0.1, 0.15) is 36.0 Å². The Hall–Kier alpha value is -2.79. The minimum absolute atomic E-state index is 0.220. The number of esters is 1. The monoisotopic (exact) mass is 354 g/mol. The number of hydrogen-bond donors (Lipinski definition) is 0. The van der Waals surface area contributed by atoms with Crippen LogP contribution in [-0.2, 0) is 0 Å². The van der Waals surface area contributed by atoms with Crippen LogP contribution in [0.25, 0.3) is 0 Å². The van der Waals surface area contributed by atoms with Gasteiger partial charge in [-0.15, -0.1) is 11.3 Å². The third-order valence-electron chi connectivity index (χ3n) is 3.69. The van der Waals surface area contributed by atoms with Gasteiger partial charge in [0.1, 0.15) is 11.6 Å². The van der Waals surface area contributed by atoms with Crippen molar-refractivity contribution in [2.24, 2.45) is 0 Å². The minimum Gasteiger partial charge on any atom is -0.423 e.